The number of aryl methyl sites for hydroxylation is 3. The summed E-state index contributed by atoms with van der Waals surface area (Å²) in [5.74, 6) is 11.8. The molecule has 16 fully saturated rings. The van der Waals surface area contributed by atoms with Gasteiger partial charge in [-0.25, -0.2) is 0 Å². The molecule has 16 aliphatic rings. The minimum Gasteiger partial charge on any atom is -0.370 e. The van der Waals surface area contributed by atoms with Crippen molar-refractivity contribution in [2.75, 3.05) is 0 Å². The molecule has 0 aromatic carbocycles. The van der Waals surface area contributed by atoms with Gasteiger partial charge in [-0.15, -0.1) is 90.7 Å². The molecule has 12 atom stereocenters. The monoisotopic (exact) mass is 1540 g/mol. The molecule has 9 aromatic heterocycles. The molecule has 25 rings (SSSR count). The van der Waals surface area contributed by atoms with Crippen molar-refractivity contribution in [3.05, 3.63) is 154 Å². The maximum Gasteiger partial charge on any atom is 0.0931 e. The molecule has 16 saturated carbocycles. The zero-order valence-corrected chi connectivity index (χ0v) is 67.4. The highest BCUT2D eigenvalue weighted by Crippen LogP contribution is 2.61. The lowest BCUT2D eigenvalue weighted by molar-refractivity contribution is -0.157. The fourth-order valence-electron chi connectivity index (χ4n) is 24.4. The summed E-state index contributed by atoms with van der Waals surface area (Å²) in [4.78, 5) is 16.2. The van der Waals surface area contributed by atoms with E-state index in [4.69, 9.17) is 32.7 Å². The van der Waals surface area contributed by atoms with Gasteiger partial charge in [-0.3, -0.25) is 0 Å². The summed E-state index contributed by atoms with van der Waals surface area (Å²) in [6.45, 7) is 15.5. The van der Waals surface area contributed by atoms with E-state index in [1.54, 1.807) is 22.7 Å². The number of hydrogen-bond donors (Lipinski definition) is 6. The lowest BCUT2D eigenvalue weighted by Crippen LogP contribution is -2.70. The average Bonchev–Trinajstić information content (AvgIpc) is 1.18. The van der Waals surface area contributed by atoms with Gasteiger partial charge in [0.1, 0.15) is 0 Å². The summed E-state index contributed by atoms with van der Waals surface area (Å²) < 4.78 is 18.0. The van der Waals surface area contributed by atoms with Crippen molar-refractivity contribution in [3.63, 3.8) is 0 Å². The second-order valence-corrected chi connectivity index (χ2v) is 45.4. The third-order valence-corrected chi connectivity index (χ3v) is 36.0. The minimum atomic E-state index is 0.164. The number of halogens is 2. The van der Waals surface area contributed by atoms with Crippen molar-refractivity contribution in [3.8, 4) is 0 Å². The van der Waals surface area contributed by atoms with Crippen LogP contribution >= 0.6 is 114 Å². The number of H-pyrrole nitrogens is 1. The van der Waals surface area contributed by atoms with Crippen molar-refractivity contribution in [2.45, 2.75) is 242 Å². The van der Waals surface area contributed by atoms with Gasteiger partial charge in [0, 0.05) is 116 Å². The summed E-state index contributed by atoms with van der Waals surface area (Å²) in [5.41, 5.74) is 3.65. The zero-order chi connectivity index (χ0) is 68.2. The van der Waals surface area contributed by atoms with Crippen LogP contribution in [0.1, 0.15) is 185 Å². The quantitative estimate of drug-likeness (QED) is 0.0427. The van der Waals surface area contributed by atoms with Gasteiger partial charge in [0.2, 0.25) is 0 Å². The fourth-order valence-corrected chi connectivity index (χ4v) is 31.9. The predicted molar refractivity (Wildman–Crippen MR) is 431 cm³/mol. The number of fused-ring (bicyclic) bond motifs is 2. The molecule has 101 heavy (non-hydrogen) atoms. The maximum absolute atomic E-state index is 6.69. The molecule has 12 unspecified atom stereocenters. The largest absolute Gasteiger partial charge is 0.370 e. The molecule has 0 saturated heterocycles. The number of thiophene rings is 8. The Morgan fingerprint density at radius 2 is 0.851 bits per heavy atom. The fraction of sp³-hybridized carbons (Fsp3) is 0.614. The number of aromatic nitrogens is 1. The van der Waals surface area contributed by atoms with Crippen molar-refractivity contribution < 1.29 is 9.47 Å². The first-order chi connectivity index (χ1) is 49.1. The Balaban J connectivity index is 0.0000000972. The van der Waals surface area contributed by atoms with Crippen LogP contribution in [0.5, 0.6) is 0 Å². The predicted octanol–water partition coefficient (Wildman–Crippen LogP) is 22.7. The van der Waals surface area contributed by atoms with Gasteiger partial charge >= 0.3 is 0 Å². The number of rotatable bonds is 21. The molecule has 0 amide bonds. The maximum atomic E-state index is 6.69. The van der Waals surface area contributed by atoms with E-state index in [0.29, 0.717) is 23.8 Å². The van der Waals surface area contributed by atoms with Gasteiger partial charge in [0.05, 0.1) is 48.3 Å². The normalized spacial score (nSPS) is 36.1. The van der Waals surface area contributed by atoms with Crippen LogP contribution < -0.4 is 26.6 Å². The molecular weight excluding hydrogens is 1440 g/mol. The summed E-state index contributed by atoms with van der Waals surface area (Å²) in [5, 5.41) is 25.9. The summed E-state index contributed by atoms with van der Waals surface area (Å²) in [7, 11) is 0. The van der Waals surface area contributed by atoms with E-state index in [9.17, 15) is 0 Å². The van der Waals surface area contributed by atoms with Gasteiger partial charge in [-0.2, -0.15) is 0 Å². The Morgan fingerprint density at radius 1 is 0.416 bits per heavy atom. The summed E-state index contributed by atoms with van der Waals surface area (Å²) in [6.07, 6.45) is 28.8. The molecule has 18 heteroatoms. The van der Waals surface area contributed by atoms with Crippen molar-refractivity contribution in [1.29, 1.82) is 0 Å². The zero-order valence-electron chi connectivity index (χ0n) is 59.4. The molecule has 16 bridgehead atoms. The smallest absolute Gasteiger partial charge is 0.0931 e. The molecule has 9 heterocycles. The molecule has 16 aliphatic carbocycles. The molecule has 0 spiro atoms. The van der Waals surface area contributed by atoms with Crippen LogP contribution in [-0.2, 0) is 55.4 Å². The van der Waals surface area contributed by atoms with Gasteiger partial charge < -0.3 is 41.0 Å². The summed E-state index contributed by atoms with van der Waals surface area (Å²) in [6, 6.07) is 31.5. The van der Waals surface area contributed by atoms with Gasteiger partial charge in [-0.1, -0.05) is 30.1 Å². The highest BCUT2D eigenvalue weighted by Gasteiger charge is 2.61. The number of ether oxygens (including phenoxy) is 2. The van der Waals surface area contributed by atoms with E-state index < -0.39 is 0 Å². The first-order valence-corrected chi connectivity index (χ1v) is 46.1. The van der Waals surface area contributed by atoms with Gasteiger partial charge in [0.25, 0.3) is 0 Å². The topological polar surface area (TPSA) is 94.4 Å². The molecule has 6 N–H and O–H groups in total. The van der Waals surface area contributed by atoms with Crippen LogP contribution in [0.2, 0.25) is 8.67 Å². The third-order valence-electron chi connectivity index (χ3n) is 27.5. The lowest BCUT2D eigenvalue weighted by atomic mass is 9.49. The molecule has 8 nitrogen and oxygen atoms in total. The van der Waals surface area contributed by atoms with Crippen molar-refractivity contribution >= 4 is 134 Å². The second kappa shape index (κ2) is 29.3. The van der Waals surface area contributed by atoms with Crippen LogP contribution in [0, 0.1) is 97.7 Å². The van der Waals surface area contributed by atoms with Gasteiger partial charge in [0.15, 0.2) is 0 Å². The van der Waals surface area contributed by atoms with E-state index in [1.165, 1.54) is 198 Å². The van der Waals surface area contributed by atoms with E-state index in [2.05, 4.69) is 143 Å². The Labute approximate surface area is 642 Å². The first kappa shape index (κ1) is 70.4. The molecule has 0 radical (unpaired) electrons. The number of nitrogens with one attached hydrogen (secondary N) is 6. The Kier molecular flexibility index (Phi) is 20.4. The van der Waals surface area contributed by atoms with Crippen LogP contribution in [0.4, 0.5) is 0 Å². The SMILES string of the molecule is CC1C2CC3CC(C2)CC1(NCc1cc2ccsc2s1)C3.Cc1ccc(CNC2C3CC4CC(C3)CC2(NCc2ccc(Cl)s2)C4)s1.Cc1ccc(COC2C3CC4CC(C3)CC2(NCc2cc3sccc3[nH]2)C4)s1.Cc1ccc(COC2C3CC4CC(C3)CC2(NCc2ccc(Cl)s2)C4)s1. The first-order valence-electron chi connectivity index (χ1n) is 38.7. The molecule has 540 valence electrons. The highest BCUT2D eigenvalue weighted by molar-refractivity contribution is 7.37. The summed E-state index contributed by atoms with van der Waals surface area (Å²) >= 11 is 27.0. The number of aromatic amines is 1. The van der Waals surface area contributed by atoms with E-state index in [1.807, 2.05) is 80.2 Å². The van der Waals surface area contributed by atoms with Crippen molar-refractivity contribution in [1.82, 2.24) is 31.6 Å². The minimum absolute atomic E-state index is 0.164. The Hall–Kier alpha value is -2.30. The van der Waals surface area contributed by atoms with E-state index >= 15 is 0 Å². The molecule has 0 aliphatic heterocycles. The molecular formula is C83H104Cl2N6O2S8. The van der Waals surface area contributed by atoms with Gasteiger partial charge in [-0.05, 0) is 322 Å². The van der Waals surface area contributed by atoms with Crippen LogP contribution in [-0.4, -0.2) is 45.4 Å². The number of hydrogen-bond acceptors (Lipinski definition) is 15. The van der Waals surface area contributed by atoms with E-state index in [0.717, 1.165) is 132 Å². The van der Waals surface area contributed by atoms with Crippen LogP contribution in [0.15, 0.2) is 95.7 Å². The molecule has 9 aromatic rings. The Morgan fingerprint density at radius 3 is 1.35 bits per heavy atom. The van der Waals surface area contributed by atoms with E-state index in [-0.39, 0.29) is 16.6 Å². The van der Waals surface area contributed by atoms with Crippen LogP contribution in [0.3, 0.4) is 0 Å². The average molecular weight is 1550 g/mol. The Bertz CT molecular complexity index is 4050. The second-order valence-electron chi connectivity index (χ2n) is 34.4. The third kappa shape index (κ3) is 14.8. The highest BCUT2D eigenvalue weighted by atomic mass is 35.5. The standard InChI is InChI=1S/C23H28N2OS2.C21H27ClN2S2.C21H26ClNOS2.C18H23NS2/c1-14-2-3-19(28-14)13-26-22-17-7-15-6-16(8-17)11-23(22,10-15)24-12-18-9-21-20(25-18)4-5-27-21;1-13-2-3-17(25-13)11-23-20-16-7-14-6-15(8-16)10-21(20,9-14)24-12-18-4-5-19(22)26-18;1-13-2-3-18(25-13)12-24-20-16-7-14-6-15(8-16)10-21(20,9-14)23-11-17-4-5-19(22)26-17;1-11-15-5-12-4-13(6-15)9-18(11,8-12)19-10-16-7-14-2-3-20-17(14)21-16/h2-5,9,15-17,22,24-25H,6-8,10-13H2,1H3;2-5,14-16,20,23-24H,6-12H2,1H3;2-5,14-16,20,23H,6-12H2,1H3;2-3,7,11-13,15,19H,4-6,8-10H2,1H3. The van der Waals surface area contributed by atoms with Crippen molar-refractivity contribution in [2.24, 2.45) is 76.9 Å². The van der Waals surface area contributed by atoms with Crippen LogP contribution in [0.25, 0.3) is 19.6 Å². The lowest BCUT2D eigenvalue weighted by Gasteiger charge is -2.61.